The van der Waals surface area contributed by atoms with Gasteiger partial charge in [-0.3, -0.25) is 4.79 Å². The lowest BCUT2D eigenvalue weighted by Gasteiger charge is -2.03. The predicted octanol–water partition coefficient (Wildman–Crippen LogP) is 3.94. The van der Waals surface area contributed by atoms with Crippen LogP contribution in [-0.2, 0) is 6.54 Å². The first-order chi connectivity index (χ1) is 10.7. The van der Waals surface area contributed by atoms with Crippen molar-refractivity contribution >= 4 is 27.5 Å². The second-order valence-corrected chi connectivity index (χ2v) is 6.00. The lowest BCUT2D eigenvalue weighted by atomic mass is 10.2. The highest BCUT2D eigenvalue weighted by atomic mass is 32.1. The molecule has 0 atom stereocenters. The molecule has 0 spiro atoms. The van der Waals surface area contributed by atoms with Crippen LogP contribution < -0.4 is 4.80 Å². The number of amides is 1. The molecule has 4 heteroatoms. The normalized spacial score (nSPS) is 11.8. The smallest absolute Gasteiger partial charge is 0.279 e. The molecule has 2 aromatic carbocycles. The molecule has 3 aromatic rings. The molecule has 0 N–H and O–H groups in total. The maximum absolute atomic E-state index is 12.3. The van der Waals surface area contributed by atoms with Gasteiger partial charge in [-0.1, -0.05) is 47.7 Å². The van der Waals surface area contributed by atoms with E-state index in [0.717, 1.165) is 10.2 Å². The average Bonchev–Trinajstić information content (AvgIpc) is 2.87. The van der Waals surface area contributed by atoms with Crippen molar-refractivity contribution in [2.24, 2.45) is 4.99 Å². The summed E-state index contributed by atoms with van der Waals surface area (Å²) >= 11 is 1.53. The van der Waals surface area contributed by atoms with Crippen LogP contribution in [0.4, 0.5) is 0 Å². The SMILES string of the molecule is C=CCn1c(=NC(=O)c2ccccc2)sc2cccc(C)c21. The van der Waals surface area contributed by atoms with E-state index in [1.165, 1.54) is 16.9 Å². The Morgan fingerprint density at radius 2 is 2.00 bits per heavy atom. The van der Waals surface area contributed by atoms with Crippen LogP contribution in [0.15, 0.2) is 66.2 Å². The van der Waals surface area contributed by atoms with E-state index in [1.54, 1.807) is 12.1 Å². The van der Waals surface area contributed by atoms with Crippen LogP contribution in [0.5, 0.6) is 0 Å². The van der Waals surface area contributed by atoms with Crippen molar-refractivity contribution in [3.05, 3.63) is 77.1 Å². The van der Waals surface area contributed by atoms with Crippen molar-refractivity contribution < 1.29 is 4.79 Å². The number of carbonyl (C=O) groups excluding carboxylic acids is 1. The van der Waals surface area contributed by atoms with Crippen LogP contribution >= 0.6 is 11.3 Å². The molecule has 0 unspecified atom stereocenters. The van der Waals surface area contributed by atoms with Crippen molar-refractivity contribution in [1.29, 1.82) is 0 Å². The summed E-state index contributed by atoms with van der Waals surface area (Å²) in [6.45, 7) is 6.51. The number of hydrogen-bond donors (Lipinski definition) is 0. The minimum Gasteiger partial charge on any atom is -0.312 e. The zero-order valence-electron chi connectivity index (χ0n) is 12.3. The molecule has 0 aliphatic carbocycles. The number of fused-ring (bicyclic) bond motifs is 1. The molecule has 0 saturated heterocycles. The number of benzene rings is 2. The van der Waals surface area contributed by atoms with E-state index in [9.17, 15) is 4.79 Å². The lowest BCUT2D eigenvalue weighted by Crippen LogP contribution is -2.16. The van der Waals surface area contributed by atoms with Gasteiger partial charge in [0, 0.05) is 12.1 Å². The summed E-state index contributed by atoms with van der Waals surface area (Å²) in [4.78, 5) is 17.4. The predicted molar refractivity (Wildman–Crippen MR) is 91.1 cm³/mol. The number of nitrogens with zero attached hydrogens (tertiary/aromatic N) is 2. The number of thiazole rings is 1. The number of para-hydroxylation sites is 1. The highest BCUT2D eigenvalue weighted by molar-refractivity contribution is 7.16. The molecule has 0 fully saturated rings. The quantitative estimate of drug-likeness (QED) is 0.675. The molecular formula is C18H16N2OS. The molecule has 0 aliphatic rings. The maximum Gasteiger partial charge on any atom is 0.279 e. The summed E-state index contributed by atoms with van der Waals surface area (Å²) < 4.78 is 3.17. The largest absolute Gasteiger partial charge is 0.312 e. The van der Waals surface area contributed by atoms with Gasteiger partial charge in [0.1, 0.15) is 0 Å². The van der Waals surface area contributed by atoms with Crippen molar-refractivity contribution in [3.63, 3.8) is 0 Å². The van der Waals surface area contributed by atoms with Gasteiger partial charge in [0.15, 0.2) is 4.80 Å². The van der Waals surface area contributed by atoms with Gasteiger partial charge >= 0.3 is 0 Å². The summed E-state index contributed by atoms with van der Waals surface area (Å²) in [6.07, 6.45) is 1.82. The fourth-order valence-electron chi connectivity index (χ4n) is 2.42. The summed E-state index contributed by atoms with van der Waals surface area (Å²) in [5.74, 6) is -0.220. The molecule has 22 heavy (non-hydrogen) atoms. The van der Waals surface area contributed by atoms with Crippen molar-refractivity contribution in [2.75, 3.05) is 0 Å². The number of allylic oxidation sites excluding steroid dienone is 1. The Balaban J connectivity index is 2.20. The molecule has 0 saturated carbocycles. The van der Waals surface area contributed by atoms with Gasteiger partial charge in [-0.25, -0.2) is 0 Å². The van der Waals surface area contributed by atoms with Crippen LogP contribution in [0, 0.1) is 6.92 Å². The third-order valence-corrected chi connectivity index (χ3v) is 4.48. The maximum atomic E-state index is 12.3. The van der Waals surface area contributed by atoms with Gasteiger partial charge in [0.25, 0.3) is 5.91 Å². The van der Waals surface area contributed by atoms with E-state index in [-0.39, 0.29) is 5.91 Å². The molecule has 110 valence electrons. The van der Waals surface area contributed by atoms with Crippen molar-refractivity contribution in [3.8, 4) is 0 Å². The van der Waals surface area contributed by atoms with Crippen LogP contribution in [0.2, 0.25) is 0 Å². The number of hydrogen-bond acceptors (Lipinski definition) is 2. The van der Waals surface area contributed by atoms with E-state index in [2.05, 4.69) is 30.6 Å². The fourth-order valence-corrected chi connectivity index (χ4v) is 3.54. The van der Waals surface area contributed by atoms with Gasteiger partial charge in [-0.15, -0.1) is 6.58 Å². The average molecular weight is 308 g/mol. The zero-order chi connectivity index (χ0) is 15.5. The van der Waals surface area contributed by atoms with E-state index in [0.29, 0.717) is 16.9 Å². The third-order valence-electron chi connectivity index (χ3n) is 3.43. The molecule has 1 aromatic heterocycles. The van der Waals surface area contributed by atoms with Gasteiger partial charge < -0.3 is 4.57 Å². The monoisotopic (exact) mass is 308 g/mol. The number of aryl methyl sites for hydroxylation is 1. The molecule has 1 heterocycles. The standard InChI is InChI=1S/C18H16N2OS/c1-3-12-20-16-13(2)8-7-11-15(16)22-18(20)19-17(21)14-9-5-4-6-10-14/h3-11H,1,12H2,2H3. The number of rotatable bonds is 3. The first-order valence-corrected chi connectivity index (χ1v) is 7.86. The molecule has 1 amide bonds. The van der Waals surface area contributed by atoms with Gasteiger partial charge in [0.05, 0.1) is 10.2 Å². The Kier molecular flexibility index (Phi) is 4.02. The minimum absolute atomic E-state index is 0.220. The van der Waals surface area contributed by atoms with E-state index >= 15 is 0 Å². The van der Waals surface area contributed by atoms with Gasteiger partial charge in [-0.2, -0.15) is 4.99 Å². The van der Waals surface area contributed by atoms with Crippen LogP contribution in [0.1, 0.15) is 15.9 Å². The fraction of sp³-hybridized carbons (Fsp3) is 0.111. The van der Waals surface area contributed by atoms with E-state index in [4.69, 9.17) is 0 Å². The van der Waals surface area contributed by atoms with Crippen molar-refractivity contribution in [1.82, 2.24) is 4.57 Å². The Morgan fingerprint density at radius 1 is 1.23 bits per heavy atom. The van der Waals surface area contributed by atoms with Gasteiger partial charge in [0.2, 0.25) is 0 Å². The second-order valence-electron chi connectivity index (χ2n) is 4.99. The summed E-state index contributed by atoms with van der Waals surface area (Å²) in [7, 11) is 0. The topological polar surface area (TPSA) is 34.4 Å². The molecule has 0 radical (unpaired) electrons. The lowest BCUT2D eigenvalue weighted by molar-refractivity contribution is 0.0998. The van der Waals surface area contributed by atoms with Gasteiger partial charge in [-0.05, 0) is 30.7 Å². The molecule has 3 rings (SSSR count). The Morgan fingerprint density at radius 3 is 2.73 bits per heavy atom. The van der Waals surface area contributed by atoms with Crippen LogP contribution in [0.3, 0.4) is 0 Å². The first-order valence-electron chi connectivity index (χ1n) is 7.04. The summed E-state index contributed by atoms with van der Waals surface area (Å²) in [6, 6.07) is 15.3. The van der Waals surface area contributed by atoms with Crippen molar-refractivity contribution in [2.45, 2.75) is 13.5 Å². The number of aromatic nitrogens is 1. The zero-order valence-corrected chi connectivity index (χ0v) is 13.1. The van der Waals surface area contributed by atoms with Crippen LogP contribution in [-0.4, -0.2) is 10.5 Å². The number of carbonyl (C=O) groups is 1. The molecule has 3 nitrogen and oxygen atoms in total. The summed E-state index contributed by atoms with van der Waals surface area (Å²) in [5, 5.41) is 0. The molecule has 0 aliphatic heterocycles. The Bertz CT molecular complexity index is 904. The summed E-state index contributed by atoms with van der Waals surface area (Å²) in [5.41, 5.74) is 2.89. The first kappa shape index (κ1) is 14.5. The van der Waals surface area contributed by atoms with E-state index in [1.807, 2.05) is 34.9 Å². The Hall–Kier alpha value is -2.46. The molecular weight excluding hydrogens is 292 g/mol. The van der Waals surface area contributed by atoms with E-state index < -0.39 is 0 Å². The second kappa shape index (κ2) is 6.12. The highest BCUT2D eigenvalue weighted by Crippen LogP contribution is 2.21. The highest BCUT2D eigenvalue weighted by Gasteiger charge is 2.09. The Labute approximate surface area is 132 Å². The van der Waals surface area contributed by atoms with Crippen LogP contribution in [0.25, 0.3) is 10.2 Å². The third kappa shape index (κ3) is 2.65. The molecule has 0 bridgehead atoms. The minimum atomic E-state index is -0.220.